The Bertz CT molecular complexity index is 885. The van der Waals surface area contributed by atoms with Crippen molar-refractivity contribution in [1.29, 1.82) is 0 Å². The number of aromatic nitrogens is 2. The van der Waals surface area contributed by atoms with Crippen molar-refractivity contribution < 1.29 is 9.59 Å². The number of anilines is 1. The lowest BCUT2D eigenvalue weighted by Crippen LogP contribution is -2.27. The van der Waals surface area contributed by atoms with Crippen molar-refractivity contribution in [3.05, 3.63) is 59.8 Å². The van der Waals surface area contributed by atoms with Gasteiger partial charge in [0.05, 0.1) is 23.3 Å². The first-order chi connectivity index (χ1) is 11.5. The van der Waals surface area contributed by atoms with Crippen molar-refractivity contribution in [2.45, 2.75) is 13.0 Å². The molecule has 0 aliphatic rings. The SMILES string of the molecule is CC(NC(=O)c1cccc2cn[nH]c12)c1ccc(NC(N)=O)cc1. The minimum atomic E-state index is -0.614. The quantitative estimate of drug-likeness (QED) is 0.591. The van der Waals surface area contributed by atoms with Gasteiger partial charge in [0, 0.05) is 11.1 Å². The predicted octanol–water partition coefficient (Wildman–Crippen LogP) is 2.54. The molecule has 0 saturated carbocycles. The first-order valence-electron chi connectivity index (χ1n) is 7.44. The minimum absolute atomic E-state index is 0.184. The van der Waals surface area contributed by atoms with Crippen LogP contribution in [0.3, 0.4) is 0 Å². The smallest absolute Gasteiger partial charge is 0.316 e. The summed E-state index contributed by atoms with van der Waals surface area (Å²) in [5.41, 5.74) is 7.85. The number of primary amides is 1. The fourth-order valence-electron chi connectivity index (χ4n) is 2.51. The molecule has 0 fully saturated rings. The van der Waals surface area contributed by atoms with Crippen molar-refractivity contribution in [3.63, 3.8) is 0 Å². The number of carbonyl (C=O) groups excluding carboxylic acids is 2. The minimum Gasteiger partial charge on any atom is -0.351 e. The van der Waals surface area contributed by atoms with Gasteiger partial charge in [-0.15, -0.1) is 0 Å². The second-order valence-corrected chi connectivity index (χ2v) is 5.45. The number of fused-ring (bicyclic) bond motifs is 1. The van der Waals surface area contributed by atoms with Crippen LogP contribution in [0.4, 0.5) is 10.5 Å². The summed E-state index contributed by atoms with van der Waals surface area (Å²) in [6.45, 7) is 1.89. The van der Waals surface area contributed by atoms with E-state index < -0.39 is 6.03 Å². The molecular weight excluding hydrogens is 306 g/mol. The number of H-pyrrole nitrogens is 1. The van der Waals surface area contributed by atoms with Gasteiger partial charge in [0.1, 0.15) is 0 Å². The van der Waals surface area contributed by atoms with Crippen LogP contribution < -0.4 is 16.4 Å². The van der Waals surface area contributed by atoms with Crippen LogP contribution in [-0.4, -0.2) is 22.1 Å². The van der Waals surface area contributed by atoms with Crippen molar-refractivity contribution in [2.24, 2.45) is 5.73 Å². The lowest BCUT2D eigenvalue weighted by atomic mass is 10.1. The molecule has 1 atom stereocenters. The van der Waals surface area contributed by atoms with E-state index in [2.05, 4.69) is 20.8 Å². The largest absolute Gasteiger partial charge is 0.351 e. The summed E-state index contributed by atoms with van der Waals surface area (Å²) in [7, 11) is 0. The number of hydrogen-bond acceptors (Lipinski definition) is 3. The van der Waals surface area contributed by atoms with Gasteiger partial charge in [0.2, 0.25) is 0 Å². The highest BCUT2D eigenvalue weighted by Gasteiger charge is 2.14. The summed E-state index contributed by atoms with van der Waals surface area (Å²) in [5.74, 6) is -0.184. The number of hydrogen-bond donors (Lipinski definition) is 4. The Morgan fingerprint density at radius 3 is 2.62 bits per heavy atom. The van der Waals surface area contributed by atoms with Crippen LogP contribution in [0.1, 0.15) is 28.9 Å². The van der Waals surface area contributed by atoms with Crippen LogP contribution in [-0.2, 0) is 0 Å². The number of aromatic amines is 1. The highest BCUT2D eigenvalue weighted by molar-refractivity contribution is 6.05. The number of carbonyl (C=O) groups is 2. The molecule has 3 rings (SSSR count). The van der Waals surface area contributed by atoms with E-state index in [1.807, 2.05) is 31.2 Å². The average molecular weight is 323 g/mol. The molecule has 122 valence electrons. The van der Waals surface area contributed by atoms with E-state index in [1.54, 1.807) is 24.4 Å². The number of urea groups is 1. The van der Waals surface area contributed by atoms with Crippen molar-refractivity contribution in [1.82, 2.24) is 15.5 Å². The molecule has 7 heteroatoms. The standard InChI is InChI=1S/C17H17N5O2/c1-10(11-5-7-13(8-6-11)21-17(18)24)20-16(23)14-4-2-3-12-9-19-22-15(12)14/h2-10H,1H3,(H,19,22)(H,20,23)(H3,18,21,24). The molecule has 24 heavy (non-hydrogen) atoms. The van der Waals surface area contributed by atoms with Crippen molar-refractivity contribution >= 4 is 28.5 Å². The van der Waals surface area contributed by atoms with E-state index in [0.717, 1.165) is 10.9 Å². The number of nitrogens with two attached hydrogens (primary N) is 1. The molecule has 0 bridgehead atoms. The van der Waals surface area contributed by atoms with E-state index in [9.17, 15) is 9.59 Å². The number of nitrogens with one attached hydrogen (secondary N) is 3. The highest BCUT2D eigenvalue weighted by atomic mass is 16.2. The van der Waals surface area contributed by atoms with Crippen LogP contribution >= 0.6 is 0 Å². The van der Waals surface area contributed by atoms with E-state index in [0.29, 0.717) is 16.8 Å². The third-order valence-electron chi connectivity index (χ3n) is 3.75. The van der Waals surface area contributed by atoms with Crippen LogP contribution in [0.25, 0.3) is 10.9 Å². The van der Waals surface area contributed by atoms with Crippen molar-refractivity contribution in [2.75, 3.05) is 5.32 Å². The number of para-hydroxylation sites is 1. The average Bonchev–Trinajstić information content (AvgIpc) is 3.03. The van der Waals surface area contributed by atoms with Crippen LogP contribution in [0, 0.1) is 0 Å². The van der Waals surface area contributed by atoms with Crippen molar-refractivity contribution in [3.8, 4) is 0 Å². The molecule has 0 saturated heterocycles. The first-order valence-corrected chi connectivity index (χ1v) is 7.44. The monoisotopic (exact) mass is 323 g/mol. The van der Waals surface area contributed by atoms with E-state index in [4.69, 9.17) is 5.73 Å². The normalized spacial score (nSPS) is 11.9. The molecule has 1 aromatic heterocycles. The van der Waals surface area contributed by atoms with Gasteiger partial charge in [0.15, 0.2) is 0 Å². The molecule has 0 spiro atoms. The lowest BCUT2D eigenvalue weighted by molar-refractivity contribution is 0.0941. The van der Waals surface area contributed by atoms with Gasteiger partial charge in [-0.1, -0.05) is 24.3 Å². The van der Waals surface area contributed by atoms with E-state index in [1.165, 1.54) is 0 Å². The van der Waals surface area contributed by atoms with Gasteiger partial charge >= 0.3 is 6.03 Å². The first kappa shape index (κ1) is 15.5. The predicted molar refractivity (Wildman–Crippen MR) is 91.6 cm³/mol. The topological polar surface area (TPSA) is 113 Å². The Morgan fingerprint density at radius 1 is 1.17 bits per heavy atom. The molecular formula is C17H17N5O2. The Kier molecular flexibility index (Phi) is 4.15. The van der Waals surface area contributed by atoms with Crippen LogP contribution in [0.5, 0.6) is 0 Å². The maximum atomic E-state index is 12.5. The molecule has 5 N–H and O–H groups in total. The lowest BCUT2D eigenvalue weighted by Gasteiger charge is -2.15. The summed E-state index contributed by atoms with van der Waals surface area (Å²) in [5, 5.41) is 13.1. The molecule has 0 radical (unpaired) electrons. The number of nitrogens with zero attached hydrogens (tertiary/aromatic N) is 1. The second-order valence-electron chi connectivity index (χ2n) is 5.45. The Hall–Kier alpha value is -3.35. The zero-order valence-electron chi connectivity index (χ0n) is 13.0. The summed E-state index contributed by atoms with van der Waals surface area (Å²) < 4.78 is 0. The Labute approximate surface area is 138 Å². The fourth-order valence-corrected chi connectivity index (χ4v) is 2.51. The van der Waals surface area contributed by atoms with E-state index in [-0.39, 0.29) is 11.9 Å². The summed E-state index contributed by atoms with van der Waals surface area (Å²) >= 11 is 0. The Balaban J connectivity index is 1.74. The van der Waals surface area contributed by atoms with Crippen LogP contribution in [0.2, 0.25) is 0 Å². The second kappa shape index (κ2) is 6.41. The van der Waals surface area contributed by atoms with Gasteiger partial charge in [-0.25, -0.2) is 4.79 Å². The number of rotatable bonds is 4. The van der Waals surface area contributed by atoms with E-state index >= 15 is 0 Å². The third kappa shape index (κ3) is 3.19. The van der Waals surface area contributed by atoms with Gasteiger partial charge in [0.25, 0.3) is 5.91 Å². The molecule has 7 nitrogen and oxygen atoms in total. The number of amides is 3. The highest BCUT2D eigenvalue weighted by Crippen LogP contribution is 2.19. The summed E-state index contributed by atoms with van der Waals surface area (Å²) in [6.07, 6.45) is 1.68. The van der Waals surface area contributed by atoms with Crippen LogP contribution in [0.15, 0.2) is 48.7 Å². The zero-order chi connectivity index (χ0) is 17.1. The number of benzene rings is 2. The summed E-state index contributed by atoms with van der Waals surface area (Å²) in [4.78, 5) is 23.3. The molecule has 0 aliphatic heterocycles. The van der Waals surface area contributed by atoms with Gasteiger partial charge < -0.3 is 16.4 Å². The molecule has 2 aromatic carbocycles. The van der Waals surface area contributed by atoms with Gasteiger partial charge in [-0.05, 0) is 30.7 Å². The zero-order valence-corrected chi connectivity index (χ0v) is 13.0. The molecule has 3 amide bonds. The third-order valence-corrected chi connectivity index (χ3v) is 3.75. The molecule has 0 aliphatic carbocycles. The molecule has 1 unspecified atom stereocenters. The molecule has 1 heterocycles. The maximum Gasteiger partial charge on any atom is 0.316 e. The molecule has 3 aromatic rings. The fraction of sp³-hybridized carbons (Fsp3) is 0.118. The van der Waals surface area contributed by atoms with Gasteiger partial charge in [-0.2, -0.15) is 5.10 Å². The Morgan fingerprint density at radius 2 is 1.92 bits per heavy atom. The summed E-state index contributed by atoms with van der Waals surface area (Å²) in [6, 6.07) is 11.8. The van der Waals surface area contributed by atoms with Gasteiger partial charge in [-0.3, -0.25) is 9.89 Å². The maximum absolute atomic E-state index is 12.5.